The fraction of sp³-hybridized carbons (Fsp3) is 0.375. The van der Waals surface area contributed by atoms with Gasteiger partial charge in [-0.15, -0.1) is 0 Å². The first-order valence-electron chi connectivity index (χ1n) is 7.07. The molecule has 0 saturated carbocycles. The lowest BCUT2D eigenvalue weighted by atomic mass is 9.98. The smallest absolute Gasteiger partial charge is 0.308 e. The minimum Gasteiger partial charge on any atom is -0.481 e. The van der Waals surface area contributed by atoms with Gasteiger partial charge in [0.25, 0.3) is 5.91 Å². The van der Waals surface area contributed by atoms with Crippen LogP contribution in [0.1, 0.15) is 29.0 Å². The van der Waals surface area contributed by atoms with Crippen LogP contribution >= 0.6 is 0 Å². The number of carbonyl (C=O) groups is 2. The van der Waals surface area contributed by atoms with Crippen molar-refractivity contribution in [2.24, 2.45) is 5.92 Å². The molecule has 110 valence electrons. The summed E-state index contributed by atoms with van der Waals surface area (Å²) in [5.74, 6) is -1.27. The summed E-state index contributed by atoms with van der Waals surface area (Å²) < 4.78 is 5.60. The first kappa shape index (κ1) is 13.7. The molecule has 0 spiro atoms. The Morgan fingerprint density at radius 3 is 2.90 bits per heavy atom. The third kappa shape index (κ3) is 2.63. The summed E-state index contributed by atoms with van der Waals surface area (Å²) in [6.07, 6.45) is 1.33. The van der Waals surface area contributed by atoms with Gasteiger partial charge in [0.05, 0.1) is 5.92 Å². The third-order valence-electron chi connectivity index (χ3n) is 3.94. The molecule has 1 amide bonds. The number of aryl methyl sites for hydroxylation is 1. The van der Waals surface area contributed by atoms with Crippen LogP contribution < -0.4 is 0 Å². The molecule has 0 radical (unpaired) electrons. The second-order valence-electron chi connectivity index (χ2n) is 5.58. The predicted octanol–water partition coefficient (Wildman–Crippen LogP) is 2.68. The molecule has 2 aromatic rings. The van der Waals surface area contributed by atoms with Crippen LogP contribution in [-0.4, -0.2) is 35.0 Å². The van der Waals surface area contributed by atoms with Crippen LogP contribution in [0.5, 0.6) is 0 Å². The number of aliphatic carboxylic acids is 1. The molecule has 0 aliphatic carbocycles. The number of carbonyl (C=O) groups excluding carboxylic acids is 1. The van der Waals surface area contributed by atoms with Crippen LogP contribution in [0.4, 0.5) is 0 Å². The molecule has 2 heterocycles. The van der Waals surface area contributed by atoms with Gasteiger partial charge in [0.15, 0.2) is 5.76 Å². The molecule has 1 saturated heterocycles. The molecule has 21 heavy (non-hydrogen) atoms. The van der Waals surface area contributed by atoms with E-state index in [0.717, 1.165) is 10.9 Å². The van der Waals surface area contributed by atoms with Gasteiger partial charge >= 0.3 is 5.97 Å². The number of likely N-dealkylation sites (tertiary alicyclic amines) is 1. The highest BCUT2D eigenvalue weighted by atomic mass is 16.4. The fourth-order valence-electron chi connectivity index (χ4n) is 2.79. The summed E-state index contributed by atoms with van der Waals surface area (Å²) in [5.41, 5.74) is 1.78. The van der Waals surface area contributed by atoms with E-state index in [1.807, 2.05) is 25.1 Å². The monoisotopic (exact) mass is 287 g/mol. The number of furan rings is 1. The van der Waals surface area contributed by atoms with Crippen LogP contribution in [0.25, 0.3) is 11.0 Å². The van der Waals surface area contributed by atoms with Crippen LogP contribution in [0, 0.1) is 12.8 Å². The van der Waals surface area contributed by atoms with E-state index in [0.29, 0.717) is 25.0 Å². The molecule has 1 unspecified atom stereocenters. The van der Waals surface area contributed by atoms with Crippen molar-refractivity contribution in [1.82, 2.24) is 4.90 Å². The zero-order valence-corrected chi connectivity index (χ0v) is 11.8. The normalized spacial score (nSPS) is 18.9. The highest BCUT2D eigenvalue weighted by Gasteiger charge is 2.29. The van der Waals surface area contributed by atoms with E-state index in [9.17, 15) is 9.59 Å². The van der Waals surface area contributed by atoms with Gasteiger partial charge in [0.1, 0.15) is 5.58 Å². The van der Waals surface area contributed by atoms with Crippen molar-refractivity contribution in [3.05, 3.63) is 35.6 Å². The Hall–Kier alpha value is -2.30. The first-order chi connectivity index (χ1) is 10.0. The maximum atomic E-state index is 12.5. The summed E-state index contributed by atoms with van der Waals surface area (Å²) >= 11 is 0. The molecule has 1 aliphatic heterocycles. The van der Waals surface area contributed by atoms with Crippen LogP contribution in [0.3, 0.4) is 0 Å². The van der Waals surface area contributed by atoms with E-state index in [4.69, 9.17) is 9.52 Å². The number of fused-ring (bicyclic) bond motifs is 1. The fourth-order valence-corrected chi connectivity index (χ4v) is 2.79. The van der Waals surface area contributed by atoms with E-state index in [-0.39, 0.29) is 18.2 Å². The van der Waals surface area contributed by atoms with Gasteiger partial charge in [-0.1, -0.05) is 11.6 Å². The highest BCUT2D eigenvalue weighted by molar-refractivity contribution is 5.96. The van der Waals surface area contributed by atoms with Crippen LogP contribution in [-0.2, 0) is 4.79 Å². The second-order valence-corrected chi connectivity index (χ2v) is 5.58. The Kier molecular flexibility index (Phi) is 3.41. The average molecular weight is 287 g/mol. The largest absolute Gasteiger partial charge is 0.481 e. The quantitative estimate of drug-likeness (QED) is 0.921. The predicted molar refractivity (Wildman–Crippen MR) is 77.2 cm³/mol. The van der Waals surface area contributed by atoms with Crippen molar-refractivity contribution in [2.75, 3.05) is 13.1 Å². The van der Waals surface area contributed by atoms with Crippen molar-refractivity contribution >= 4 is 22.8 Å². The van der Waals surface area contributed by atoms with E-state index in [1.165, 1.54) is 0 Å². The molecule has 1 N–H and O–H groups in total. The Morgan fingerprint density at radius 2 is 2.14 bits per heavy atom. The van der Waals surface area contributed by atoms with Crippen molar-refractivity contribution in [2.45, 2.75) is 19.8 Å². The van der Waals surface area contributed by atoms with Crippen molar-refractivity contribution in [1.29, 1.82) is 0 Å². The Morgan fingerprint density at radius 1 is 1.33 bits per heavy atom. The molecular weight excluding hydrogens is 270 g/mol. The Bertz CT molecular complexity index is 703. The summed E-state index contributed by atoms with van der Waals surface area (Å²) in [7, 11) is 0. The third-order valence-corrected chi connectivity index (χ3v) is 3.94. The molecule has 1 fully saturated rings. The lowest BCUT2D eigenvalue weighted by molar-refractivity contribution is -0.143. The number of benzene rings is 1. The molecule has 1 aromatic heterocycles. The molecule has 5 heteroatoms. The van der Waals surface area contributed by atoms with Crippen LogP contribution in [0.15, 0.2) is 28.7 Å². The second kappa shape index (κ2) is 5.24. The SMILES string of the molecule is Cc1ccc2oc(C(=O)N3CCCC(C(=O)O)C3)cc2c1. The molecule has 5 nitrogen and oxygen atoms in total. The van der Waals surface area contributed by atoms with E-state index < -0.39 is 11.9 Å². The van der Waals surface area contributed by atoms with Crippen molar-refractivity contribution in [3.8, 4) is 0 Å². The summed E-state index contributed by atoms with van der Waals surface area (Å²) in [6.45, 7) is 2.82. The van der Waals surface area contributed by atoms with Gasteiger partial charge < -0.3 is 14.4 Å². The van der Waals surface area contributed by atoms with Gasteiger partial charge in [-0.05, 0) is 38.0 Å². The highest BCUT2D eigenvalue weighted by Crippen LogP contribution is 2.24. The number of rotatable bonds is 2. The van der Waals surface area contributed by atoms with Gasteiger partial charge in [0, 0.05) is 18.5 Å². The molecule has 1 atom stereocenters. The summed E-state index contributed by atoms with van der Waals surface area (Å²) in [6, 6.07) is 7.47. The number of carboxylic acid groups (broad SMARTS) is 1. The van der Waals surface area contributed by atoms with Gasteiger partial charge in [-0.25, -0.2) is 0 Å². The number of carboxylic acids is 1. The number of amides is 1. The Balaban J connectivity index is 1.84. The summed E-state index contributed by atoms with van der Waals surface area (Å²) in [4.78, 5) is 25.1. The van der Waals surface area contributed by atoms with Crippen molar-refractivity contribution < 1.29 is 19.1 Å². The maximum Gasteiger partial charge on any atom is 0.308 e. The average Bonchev–Trinajstić information content (AvgIpc) is 2.89. The summed E-state index contributed by atoms with van der Waals surface area (Å²) in [5, 5.41) is 9.99. The maximum absolute atomic E-state index is 12.5. The van der Waals surface area contributed by atoms with Crippen LogP contribution in [0.2, 0.25) is 0 Å². The molecule has 1 aromatic carbocycles. The minimum absolute atomic E-state index is 0.227. The first-order valence-corrected chi connectivity index (χ1v) is 7.07. The number of hydrogen-bond donors (Lipinski definition) is 1. The standard InChI is InChI=1S/C16H17NO4/c1-10-4-5-13-12(7-10)8-14(21-13)15(18)17-6-2-3-11(9-17)16(19)20/h4-5,7-8,11H,2-3,6,9H2,1H3,(H,19,20). The molecule has 3 rings (SSSR count). The lowest BCUT2D eigenvalue weighted by Crippen LogP contribution is -2.42. The Labute approximate surface area is 122 Å². The minimum atomic E-state index is -0.840. The number of hydrogen-bond acceptors (Lipinski definition) is 3. The number of piperidine rings is 1. The van der Waals surface area contributed by atoms with E-state index in [1.54, 1.807) is 11.0 Å². The molecule has 1 aliphatic rings. The van der Waals surface area contributed by atoms with Crippen molar-refractivity contribution in [3.63, 3.8) is 0 Å². The van der Waals surface area contributed by atoms with Gasteiger partial charge in [-0.3, -0.25) is 9.59 Å². The number of nitrogens with zero attached hydrogens (tertiary/aromatic N) is 1. The van der Waals surface area contributed by atoms with E-state index in [2.05, 4.69) is 0 Å². The zero-order chi connectivity index (χ0) is 15.0. The molecular formula is C16H17NO4. The molecule has 0 bridgehead atoms. The topological polar surface area (TPSA) is 70.8 Å². The van der Waals surface area contributed by atoms with Gasteiger partial charge in [0.2, 0.25) is 0 Å². The van der Waals surface area contributed by atoms with E-state index >= 15 is 0 Å². The van der Waals surface area contributed by atoms with Gasteiger partial charge in [-0.2, -0.15) is 0 Å². The lowest BCUT2D eigenvalue weighted by Gasteiger charge is -2.29. The zero-order valence-electron chi connectivity index (χ0n) is 11.8.